The monoisotopic (exact) mass is 289 g/mol. The van der Waals surface area contributed by atoms with Gasteiger partial charge in [-0.1, -0.05) is 0 Å². The van der Waals surface area contributed by atoms with Gasteiger partial charge in [0.25, 0.3) is 0 Å². The molecule has 0 N–H and O–H groups in total. The van der Waals surface area contributed by atoms with Crippen LogP contribution in [0.1, 0.15) is 13.3 Å². The van der Waals surface area contributed by atoms with E-state index in [1.165, 1.54) is 0 Å². The van der Waals surface area contributed by atoms with Crippen molar-refractivity contribution in [3.8, 4) is 0 Å². The number of halogens is 4. The van der Waals surface area contributed by atoms with Crippen molar-refractivity contribution in [3.05, 3.63) is 0 Å². The van der Waals surface area contributed by atoms with Gasteiger partial charge in [-0.15, -0.1) is 11.6 Å². The molecule has 1 heterocycles. The van der Waals surface area contributed by atoms with Gasteiger partial charge >= 0.3 is 6.18 Å². The molecule has 0 saturated carbocycles. The molecular formula is C11H19ClF3NO2. The van der Waals surface area contributed by atoms with Gasteiger partial charge in [-0.05, 0) is 13.3 Å². The van der Waals surface area contributed by atoms with E-state index < -0.39 is 12.8 Å². The van der Waals surface area contributed by atoms with E-state index in [-0.39, 0.29) is 18.8 Å². The van der Waals surface area contributed by atoms with E-state index in [9.17, 15) is 13.2 Å². The molecule has 108 valence electrons. The fourth-order valence-corrected chi connectivity index (χ4v) is 2.16. The van der Waals surface area contributed by atoms with Crippen molar-refractivity contribution in [2.24, 2.45) is 0 Å². The molecule has 0 aromatic heterocycles. The summed E-state index contributed by atoms with van der Waals surface area (Å²) in [4.78, 5) is 2.15. The number of morpholine rings is 1. The van der Waals surface area contributed by atoms with E-state index >= 15 is 0 Å². The Morgan fingerprint density at radius 1 is 1.39 bits per heavy atom. The number of hydrogen-bond donors (Lipinski definition) is 0. The third kappa shape index (κ3) is 6.78. The molecule has 0 spiro atoms. The molecule has 18 heavy (non-hydrogen) atoms. The first-order chi connectivity index (χ1) is 8.40. The van der Waals surface area contributed by atoms with Crippen LogP contribution in [-0.2, 0) is 9.47 Å². The van der Waals surface area contributed by atoms with Crippen LogP contribution in [0.4, 0.5) is 13.2 Å². The fourth-order valence-electron chi connectivity index (χ4n) is 1.99. The zero-order valence-corrected chi connectivity index (χ0v) is 11.1. The number of nitrogens with zero attached hydrogens (tertiary/aromatic N) is 1. The topological polar surface area (TPSA) is 21.7 Å². The van der Waals surface area contributed by atoms with Crippen LogP contribution in [0.25, 0.3) is 0 Å². The molecule has 3 nitrogen and oxygen atoms in total. The van der Waals surface area contributed by atoms with Crippen molar-refractivity contribution in [2.75, 3.05) is 38.7 Å². The molecule has 2 atom stereocenters. The average Bonchev–Trinajstić information content (AvgIpc) is 2.26. The summed E-state index contributed by atoms with van der Waals surface area (Å²) in [6, 6.07) is 0. The SMILES string of the molecule is CC1CN(CCCOCC(F)(F)F)CC(CCl)O1. The van der Waals surface area contributed by atoms with E-state index in [0.717, 1.165) is 13.1 Å². The molecule has 1 fully saturated rings. The van der Waals surface area contributed by atoms with Crippen LogP contribution >= 0.6 is 11.6 Å². The Balaban J connectivity index is 2.11. The van der Waals surface area contributed by atoms with Crippen LogP contribution in [0.2, 0.25) is 0 Å². The molecule has 0 amide bonds. The van der Waals surface area contributed by atoms with Gasteiger partial charge in [-0.25, -0.2) is 0 Å². The molecular weight excluding hydrogens is 271 g/mol. The highest BCUT2D eigenvalue weighted by Crippen LogP contribution is 2.15. The first-order valence-electron chi connectivity index (χ1n) is 5.99. The molecule has 1 aliphatic rings. The summed E-state index contributed by atoms with van der Waals surface area (Å²) in [6.45, 7) is 3.14. The predicted octanol–water partition coefficient (Wildman–Crippen LogP) is 2.28. The highest BCUT2D eigenvalue weighted by atomic mass is 35.5. The van der Waals surface area contributed by atoms with Gasteiger partial charge in [-0.2, -0.15) is 13.2 Å². The van der Waals surface area contributed by atoms with Crippen LogP contribution in [-0.4, -0.2) is 62.0 Å². The van der Waals surface area contributed by atoms with Crippen LogP contribution < -0.4 is 0 Å². The molecule has 0 aliphatic carbocycles. The smallest absolute Gasteiger partial charge is 0.372 e. The minimum absolute atomic E-state index is 0.00603. The predicted molar refractivity (Wildman–Crippen MR) is 63.0 cm³/mol. The summed E-state index contributed by atoms with van der Waals surface area (Å²) >= 11 is 5.74. The number of alkyl halides is 4. The molecule has 1 saturated heterocycles. The third-order valence-electron chi connectivity index (χ3n) is 2.60. The highest BCUT2D eigenvalue weighted by Gasteiger charge is 2.27. The lowest BCUT2D eigenvalue weighted by Gasteiger charge is -2.36. The molecule has 0 aromatic carbocycles. The minimum atomic E-state index is -4.24. The maximum Gasteiger partial charge on any atom is 0.411 e. The van der Waals surface area contributed by atoms with Crippen molar-refractivity contribution < 1.29 is 22.6 Å². The summed E-state index contributed by atoms with van der Waals surface area (Å²) in [6.07, 6.45) is -3.54. The van der Waals surface area contributed by atoms with Gasteiger partial charge in [0, 0.05) is 32.1 Å². The van der Waals surface area contributed by atoms with Crippen LogP contribution in [0.15, 0.2) is 0 Å². The Morgan fingerprint density at radius 3 is 2.72 bits per heavy atom. The molecule has 0 radical (unpaired) electrons. The van der Waals surface area contributed by atoms with Gasteiger partial charge < -0.3 is 9.47 Å². The summed E-state index contributed by atoms with van der Waals surface area (Å²) in [7, 11) is 0. The van der Waals surface area contributed by atoms with Crippen molar-refractivity contribution in [1.82, 2.24) is 4.90 Å². The van der Waals surface area contributed by atoms with Gasteiger partial charge in [0.05, 0.1) is 12.2 Å². The Hall–Kier alpha value is -0.0400. The Morgan fingerprint density at radius 2 is 2.11 bits per heavy atom. The second-order valence-electron chi connectivity index (χ2n) is 4.50. The number of hydrogen-bond acceptors (Lipinski definition) is 3. The van der Waals surface area contributed by atoms with Crippen molar-refractivity contribution >= 4 is 11.6 Å². The van der Waals surface area contributed by atoms with Gasteiger partial charge in [0.1, 0.15) is 6.61 Å². The molecule has 1 aliphatic heterocycles. The quantitative estimate of drug-likeness (QED) is 0.553. The van der Waals surface area contributed by atoms with Crippen LogP contribution in [0.3, 0.4) is 0 Å². The average molecular weight is 290 g/mol. The van der Waals surface area contributed by atoms with Crippen molar-refractivity contribution in [2.45, 2.75) is 31.7 Å². The van der Waals surface area contributed by atoms with Crippen molar-refractivity contribution in [3.63, 3.8) is 0 Å². The molecule has 2 unspecified atom stereocenters. The first kappa shape index (κ1) is 16.0. The summed E-state index contributed by atoms with van der Waals surface area (Å²) < 4.78 is 45.6. The lowest BCUT2D eigenvalue weighted by atomic mass is 10.2. The van der Waals surface area contributed by atoms with Gasteiger partial charge in [-0.3, -0.25) is 4.90 Å². The molecule has 1 rings (SSSR count). The van der Waals surface area contributed by atoms with Gasteiger partial charge in [0.2, 0.25) is 0 Å². The second-order valence-corrected chi connectivity index (χ2v) is 4.81. The van der Waals surface area contributed by atoms with Crippen molar-refractivity contribution in [1.29, 1.82) is 0 Å². The molecule has 0 aromatic rings. The van der Waals surface area contributed by atoms with E-state index in [1.807, 2.05) is 6.92 Å². The first-order valence-corrected chi connectivity index (χ1v) is 6.52. The Labute approximate surface area is 110 Å². The zero-order valence-electron chi connectivity index (χ0n) is 10.4. The van der Waals surface area contributed by atoms with E-state index in [4.69, 9.17) is 16.3 Å². The third-order valence-corrected chi connectivity index (χ3v) is 2.95. The van der Waals surface area contributed by atoms with Crippen LogP contribution in [0.5, 0.6) is 0 Å². The Bertz CT molecular complexity index is 241. The van der Waals surface area contributed by atoms with E-state index in [2.05, 4.69) is 9.64 Å². The minimum Gasteiger partial charge on any atom is -0.372 e. The maximum absolute atomic E-state index is 11.8. The maximum atomic E-state index is 11.8. The summed E-state index contributed by atoms with van der Waals surface area (Å²) in [5, 5.41) is 0. The molecule has 0 bridgehead atoms. The highest BCUT2D eigenvalue weighted by molar-refractivity contribution is 6.18. The van der Waals surface area contributed by atoms with Gasteiger partial charge in [0.15, 0.2) is 0 Å². The largest absolute Gasteiger partial charge is 0.411 e. The number of ether oxygens (including phenoxy) is 2. The fraction of sp³-hybridized carbons (Fsp3) is 1.00. The van der Waals surface area contributed by atoms with Crippen LogP contribution in [0, 0.1) is 0 Å². The molecule has 7 heteroatoms. The summed E-state index contributed by atoms with van der Waals surface area (Å²) in [5.41, 5.74) is 0. The second kappa shape index (κ2) is 7.53. The lowest BCUT2D eigenvalue weighted by molar-refractivity contribution is -0.174. The lowest BCUT2D eigenvalue weighted by Crippen LogP contribution is -2.47. The normalized spacial score (nSPS) is 26.5. The standard InChI is InChI=1S/C11H19ClF3NO2/c1-9-6-16(7-10(5-12)18-9)3-2-4-17-8-11(13,14)15/h9-10H,2-8H2,1H3. The zero-order chi connectivity index (χ0) is 13.6. The van der Waals surface area contributed by atoms with E-state index in [1.54, 1.807) is 0 Å². The Kier molecular flexibility index (Phi) is 6.70. The van der Waals surface area contributed by atoms with E-state index in [0.29, 0.717) is 18.8 Å². The summed E-state index contributed by atoms with van der Waals surface area (Å²) in [5.74, 6) is 0.436. The number of rotatable bonds is 6.